The molecule has 0 aromatic carbocycles. The maximum atomic E-state index is 12.1. The second-order valence-corrected chi connectivity index (χ2v) is 7.69. The zero-order valence-electron chi connectivity index (χ0n) is 16.9. The third kappa shape index (κ3) is 7.14. The average Bonchev–Trinajstić information content (AvgIpc) is 2.57. The van der Waals surface area contributed by atoms with Crippen molar-refractivity contribution in [2.75, 3.05) is 0 Å². The molecule has 0 saturated carbocycles. The fourth-order valence-electron chi connectivity index (χ4n) is 3.22. The summed E-state index contributed by atoms with van der Waals surface area (Å²) in [4.78, 5) is 12.1. The molecule has 0 heterocycles. The lowest BCUT2D eigenvalue weighted by molar-refractivity contribution is -0.122. The minimum Gasteiger partial charge on any atom is -0.389 e. The molecule has 1 N–H and O–H groups in total. The van der Waals surface area contributed by atoms with Crippen LogP contribution in [0.5, 0.6) is 0 Å². The van der Waals surface area contributed by atoms with Gasteiger partial charge in [0.15, 0.2) is 5.78 Å². The smallest absolute Gasteiger partial charge is 0.176 e. The molecular weight excluding hydrogens is 322 g/mol. The molecule has 0 saturated heterocycles. The number of nitriles is 1. The van der Waals surface area contributed by atoms with Gasteiger partial charge >= 0.3 is 0 Å². The molecule has 0 fully saturated rings. The Balaban J connectivity index is 2.51. The SMILES string of the molecule is CC(C)=CCC/C(C)=C/CC/C(C)=C/CC1C(O)C=C(C#N)C(=O)C1C. The fraction of sp³-hybridized carbons (Fsp3) is 0.565. The Morgan fingerprint density at radius 1 is 1.12 bits per heavy atom. The standard InChI is InChI=1S/C23H33NO2/c1-16(2)8-6-9-17(3)10-7-11-18(4)12-13-21-19(5)23(26)20(15-24)14-22(21)25/h8,10,12,14,19,21-22,25H,6-7,9,11,13H2,1-5H3/b17-10+,18-12+. The maximum absolute atomic E-state index is 12.1. The number of rotatable bonds is 8. The van der Waals surface area contributed by atoms with E-state index in [-0.39, 0.29) is 23.2 Å². The molecule has 0 radical (unpaired) electrons. The van der Waals surface area contributed by atoms with E-state index in [1.54, 1.807) is 0 Å². The van der Waals surface area contributed by atoms with E-state index in [9.17, 15) is 9.90 Å². The number of hydrogen-bond acceptors (Lipinski definition) is 3. The van der Waals surface area contributed by atoms with Gasteiger partial charge in [-0.15, -0.1) is 0 Å². The normalized spacial score (nSPS) is 24.1. The van der Waals surface area contributed by atoms with Gasteiger partial charge in [0, 0.05) is 11.8 Å². The minimum atomic E-state index is -0.724. The predicted octanol–water partition coefficient (Wildman–Crippen LogP) is 5.44. The fourth-order valence-corrected chi connectivity index (χ4v) is 3.22. The number of aliphatic hydroxyl groups is 1. The first-order chi connectivity index (χ1) is 12.3. The van der Waals surface area contributed by atoms with Gasteiger partial charge in [0.05, 0.1) is 11.7 Å². The number of carbonyl (C=O) groups excluding carboxylic acids is 1. The second kappa shape index (κ2) is 10.9. The molecule has 0 bridgehead atoms. The summed E-state index contributed by atoms with van der Waals surface area (Å²) in [6, 6.07) is 1.89. The first kappa shape index (κ1) is 22.1. The van der Waals surface area contributed by atoms with E-state index in [1.165, 1.54) is 22.8 Å². The number of carbonyl (C=O) groups is 1. The second-order valence-electron chi connectivity index (χ2n) is 7.69. The molecular formula is C23H33NO2. The summed E-state index contributed by atoms with van der Waals surface area (Å²) < 4.78 is 0. The van der Waals surface area contributed by atoms with Crippen molar-refractivity contribution < 1.29 is 9.90 Å². The highest BCUT2D eigenvalue weighted by atomic mass is 16.3. The van der Waals surface area contributed by atoms with Gasteiger partial charge in [-0.2, -0.15) is 5.26 Å². The van der Waals surface area contributed by atoms with E-state index in [4.69, 9.17) is 5.26 Å². The van der Waals surface area contributed by atoms with E-state index in [0.29, 0.717) is 6.42 Å². The van der Waals surface area contributed by atoms with Gasteiger partial charge in [0.25, 0.3) is 0 Å². The van der Waals surface area contributed by atoms with Crippen LogP contribution in [0.15, 0.2) is 46.6 Å². The molecule has 0 spiro atoms. The summed E-state index contributed by atoms with van der Waals surface area (Å²) in [5, 5.41) is 19.2. The molecule has 142 valence electrons. The lowest BCUT2D eigenvalue weighted by Crippen LogP contribution is -2.35. The molecule has 3 nitrogen and oxygen atoms in total. The van der Waals surface area contributed by atoms with Gasteiger partial charge < -0.3 is 5.11 Å². The number of nitrogens with zero attached hydrogens (tertiary/aromatic N) is 1. The summed E-state index contributed by atoms with van der Waals surface area (Å²) in [5.74, 6) is -0.606. The van der Waals surface area contributed by atoms with E-state index in [0.717, 1.165) is 25.7 Å². The van der Waals surface area contributed by atoms with Crippen molar-refractivity contribution >= 4 is 5.78 Å². The van der Waals surface area contributed by atoms with Crippen LogP contribution in [0.4, 0.5) is 0 Å². The van der Waals surface area contributed by atoms with Crippen LogP contribution in [0, 0.1) is 23.2 Å². The van der Waals surface area contributed by atoms with Crippen LogP contribution < -0.4 is 0 Å². The Labute approximate surface area is 158 Å². The Bertz CT molecular complexity index is 654. The lowest BCUT2D eigenvalue weighted by atomic mass is 9.76. The monoisotopic (exact) mass is 355 g/mol. The third-order valence-electron chi connectivity index (χ3n) is 5.08. The third-order valence-corrected chi connectivity index (χ3v) is 5.08. The molecule has 0 amide bonds. The quantitative estimate of drug-likeness (QED) is 0.590. The number of allylic oxidation sites excluding steroid dienone is 7. The topological polar surface area (TPSA) is 61.1 Å². The highest BCUT2D eigenvalue weighted by molar-refractivity contribution is 6.01. The minimum absolute atomic E-state index is 0.0932. The highest BCUT2D eigenvalue weighted by Crippen LogP contribution is 2.30. The van der Waals surface area contributed by atoms with Crippen LogP contribution in [0.2, 0.25) is 0 Å². The molecule has 26 heavy (non-hydrogen) atoms. The highest BCUT2D eigenvalue weighted by Gasteiger charge is 2.34. The molecule has 1 aliphatic rings. The molecule has 0 aliphatic heterocycles. The Morgan fingerprint density at radius 2 is 1.69 bits per heavy atom. The first-order valence-electron chi connectivity index (χ1n) is 9.55. The van der Waals surface area contributed by atoms with E-state index in [2.05, 4.69) is 45.9 Å². The number of Topliss-reactive ketones (excluding diaryl/α,β-unsaturated/α-hetero) is 1. The Hall–Kier alpha value is -1.92. The average molecular weight is 356 g/mol. The molecule has 0 aromatic rings. The zero-order valence-corrected chi connectivity index (χ0v) is 16.9. The van der Waals surface area contributed by atoms with Crippen LogP contribution in [-0.4, -0.2) is 17.0 Å². The molecule has 3 unspecified atom stereocenters. The van der Waals surface area contributed by atoms with Crippen LogP contribution >= 0.6 is 0 Å². The molecule has 3 heteroatoms. The number of aliphatic hydroxyl groups excluding tert-OH is 1. The zero-order chi connectivity index (χ0) is 19.7. The molecule has 3 atom stereocenters. The van der Waals surface area contributed by atoms with Gasteiger partial charge in [0.2, 0.25) is 0 Å². The lowest BCUT2D eigenvalue weighted by Gasteiger charge is -2.29. The Morgan fingerprint density at radius 3 is 2.27 bits per heavy atom. The summed E-state index contributed by atoms with van der Waals surface area (Å²) in [6.45, 7) is 10.3. The van der Waals surface area contributed by atoms with Crippen molar-refractivity contribution in [3.63, 3.8) is 0 Å². The van der Waals surface area contributed by atoms with E-state index >= 15 is 0 Å². The van der Waals surface area contributed by atoms with Crippen LogP contribution in [0.25, 0.3) is 0 Å². The van der Waals surface area contributed by atoms with Crippen LogP contribution in [0.3, 0.4) is 0 Å². The predicted molar refractivity (Wildman–Crippen MR) is 107 cm³/mol. The van der Waals surface area contributed by atoms with Crippen molar-refractivity contribution in [2.24, 2.45) is 11.8 Å². The van der Waals surface area contributed by atoms with Crippen LogP contribution in [0.1, 0.15) is 66.7 Å². The van der Waals surface area contributed by atoms with Gasteiger partial charge in [-0.25, -0.2) is 0 Å². The van der Waals surface area contributed by atoms with Gasteiger partial charge in [0.1, 0.15) is 6.07 Å². The van der Waals surface area contributed by atoms with Crippen molar-refractivity contribution in [1.82, 2.24) is 0 Å². The van der Waals surface area contributed by atoms with Crippen molar-refractivity contribution in [1.29, 1.82) is 5.26 Å². The van der Waals surface area contributed by atoms with E-state index in [1.807, 2.05) is 13.0 Å². The van der Waals surface area contributed by atoms with E-state index < -0.39 is 6.10 Å². The Kier molecular flexibility index (Phi) is 9.30. The maximum Gasteiger partial charge on any atom is 0.176 e. The van der Waals surface area contributed by atoms with Crippen molar-refractivity contribution in [3.8, 4) is 6.07 Å². The van der Waals surface area contributed by atoms with Crippen molar-refractivity contribution in [3.05, 3.63) is 46.6 Å². The number of ketones is 1. The summed E-state index contributed by atoms with van der Waals surface area (Å²) >= 11 is 0. The first-order valence-corrected chi connectivity index (χ1v) is 9.55. The summed E-state index contributed by atoms with van der Waals surface area (Å²) in [7, 11) is 0. The number of hydrogen-bond donors (Lipinski definition) is 1. The van der Waals surface area contributed by atoms with Gasteiger partial charge in [-0.1, -0.05) is 41.9 Å². The largest absolute Gasteiger partial charge is 0.389 e. The van der Waals surface area contributed by atoms with Crippen molar-refractivity contribution in [2.45, 2.75) is 72.8 Å². The molecule has 1 aliphatic carbocycles. The van der Waals surface area contributed by atoms with Gasteiger partial charge in [-0.05, 0) is 65.9 Å². The molecule has 0 aromatic heterocycles. The van der Waals surface area contributed by atoms with Gasteiger partial charge in [-0.3, -0.25) is 4.79 Å². The molecule has 1 rings (SSSR count). The summed E-state index contributed by atoms with van der Waals surface area (Å²) in [5.41, 5.74) is 4.16. The summed E-state index contributed by atoms with van der Waals surface area (Å²) in [6.07, 6.45) is 12.3. The van der Waals surface area contributed by atoms with Crippen LogP contribution in [-0.2, 0) is 4.79 Å².